The Labute approximate surface area is 157 Å². The van der Waals surface area contributed by atoms with E-state index in [1.165, 1.54) is 13.0 Å². The van der Waals surface area contributed by atoms with Gasteiger partial charge in [-0.15, -0.1) is 0 Å². The zero-order chi connectivity index (χ0) is 18.9. The van der Waals surface area contributed by atoms with E-state index in [0.717, 1.165) is 29.9 Å². The van der Waals surface area contributed by atoms with Gasteiger partial charge in [-0.05, 0) is 49.6 Å². The molecule has 2 heterocycles. The third-order valence-corrected chi connectivity index (χ3v) is 5.42. The molecule has 0 atom stereocenters. The Morgan fingerprint density at radius 3 is 2.70 bits per heavy atom. The average molecular weight is 371 g/mol. The highest BCUT2D eigenvalue weighted by Crippen LogP contribution is 2.41. The molecular weight excluding hydrogens is 349 g/mol. The molecule has 0 unspecified atom stereocenters. The molecule has 2 aromatic carbocycles. The molecular formula is C21H22FNO4. The Morgan fingerprint density at radius 2 is 1.93 bits per heavy atom. The number of benzene rings is 2. The summed E-state index contributed by atoms with van der Waals surface area (Å²) in [7, 11) is 0. The maximum atomic E-state index is 14.1. The van der Waals surface area contributed by atoms with Crippen LogP contribution in [0, 0.1) is 5.82 Å². The first-order valence-corrected chi connectivity index (χ1v) is 9.10. The number of nitrogens with one attached hydrogen (secondary N) is 1. The molecule has 6 heteroatoms. The van der Waals surface area contributed by atoms with E-state index in [0.29, 0.717) is 25.4 Å². The highest BCUT2D eigenvalue weighted by Gasteiger charge is 2.36. The highest BCUT2D eigenvalue weighted by atomic mass is 19.1. The topological polar surface area (TPSA) is 56.8 Å². The molecule has 1 saturated heterocycles. The van der Waals surface area contributed by atoms with E-state index in [1.54, 1.807) is 12.1 Å². The molecule has 0 spiro atoms. The van der Waals surface area contributed by atoms with Crippen molar-refractivity contribution >= 4 is 11.5 Å². The van der Waals surface area contributed by atoms with E-state index in [4.69, 9.17) is 14.2 Å². The van der Waals surface area contributed by atoms with Crippen LogP contribution >= 0.6 is 0 Å². The fourth-order valence-corrected chi connectivity index (χ4v) is 3.85. The quantitative estimate of drug-likeness (QED) is 0.808. The van der Waals surface area contributed by atoms with Crippen LogP contribution in [0.15, 0.2) is 36.4 Å². The number of hydrogen-bond donors (Lipinski definition) is 1. The van der Waals surface area contributed by atoms with Gasteiger partial charge < -0.3 is 19.5 Å². The van der Waals surface area contributed by atoms with Crippen LogP contribution in [-0.2, 0) is 10.2 Å². The number of carbonyl (C=O) groups is 1. The number of anilines is 1. The minimum absolute atomic E-state index is 0.102. The van der Waals surface area contributed by atoms with E-state index >= 15 is 0 Å². The molecule has 0 amide bonds. The van der Waals surface area contributed by atoms with Crippen LogP contribution in [0.3, 0.4) is 0 Å². The van der Waals surface area contributed by atoms with Crippen molar-refractivity contribution < 1.29 is 23.4 Å². The second-order valence-corrected chi connectivity index (χ2v) is 7.03. The van der Waals surface area contributed by atoms with Crippen LogP contribution in [0.25, 0.3) is 0 Å². The van der Waals surface area contributed by atoms with Crippen molar-refractivity contribution in [3.05, 3.63) is 53.3 Å². The first-order valence-electron chi connectivity index (χ1n) is 9.10. The van der Waals surface area contributed by atoms with Gasteiger partial charge in [-0.25, -0.2) is 4.39 Å². The van der Waals surface area contributed by atoms with Gasteiger partial charge in [0, 0.05) is 30.9 Å². The lowest BCUT2D eigenvalue weighted by Crippen LogP contribution is -2.40. The summed E-state index contributed by atoms with van der Waals surface area (Å²) in [6.45, 7) is 3.49. The normalized spacial score (nSPS) is 17.6. The minimum atomic E-state index is -0.503. The lowest BCUT2D eigenvalue weighted by Gasteiger charge is -2.38. The molecule has 0 bridgehead atoms. The fourth-order valence-electron chi connectivity index (χ4n) is 3.85. The summed E-state index contributed by atoms with van der Waals surface area (Å²) in [5.74, 6) is 0.697. The standard InChI is InChI=1S/C21H22FNO4/c1-14(24)20-16(22)3-2-4-17(20)23-12-21(7-9-25-10-8-21)15-5-6-18-19(11-15)27-13-26-18/h2-6,11,23H,7-10,12-13H2,1H3. The largest absolute Gasteiger partial charge is 0.454 e. The smallest absolute Gasteiger partial charge is 0.231 e. The fraction of sp³-hybridized carbons (Fsp3) is 0.381. The van der Waals surface area contributed by atoms with Gasteiger partial charge in [0.05, 0.1) is 5.56 Å². The molecule has 0 saturated carbocycles. The third kappa shape index (κ3) is 3.37. The van der Waals surface area contributed by atoms with E-state index in [9.17, 15) is 9.18 Å². The number of halogens is 1. The van der Waals surface area contributed by atoms with Gasteiger partial charge in [-0.3, -0.25) is 4.79 Å². The van der Waals surface area contributed by atoms with Crippen molar-refractivity contribution in [3.63, 3.8) is 0 Å². The summed E-state index contributed by atoms with van der Waals surface area (Å²) in [5.41, 5.74) is 1.56. The minimum Gasteiger partial charge on any atom is -0.454 e. The second kappa shape index (κ2) is 7.19. The first-order chi connectivity index (χ1) is 13.1. The third-order valence-electron chi connectivity index (χ3n) is 5.42. The Balaban J connectivity index is 1.64. The van der Waals surface area contributed by atoms with Crippen LogP contribution in [-0.4, -0.2) is 32.3 Å². The molecule has 0 aliphatic carbocycles. The van der Waals surface area contributed by atoms with Gasteiger partial charge in [0.1, 0.15) is 5.82 Å². The SMILES string of the molecule is CC(=O)c1c(F)cccc1NCC1(c2ccc3c(c2)OCO3)CCOCC1. The van der Waals surface area contributed by atoms with Crippen molar-refractivity contribution in [1.29, 1.82) is 0 Å². The molecule has 2 aliphatic rings. The number of ether oxygens (including phenoxy) is 3. The van der Waals surface area contributed by atoms with Gasteiger partial charge in [0.15, 0.2) is 17.3 Å². The molecule has 2 aliphatic heterocycles. The van der Waals surface area contributed by atoms with Gasteiger partial charge in [0.2, 0.25) is 6.79 Å². The molecule has 1 N–H and O–H groups in total. The van der Waals surface area contributed by atoms with E-state index in [1.807, 2.05) is 12.1 Å². The van der Waals surface area contributed by atoms with E-state index < -0.39 is 5.82 Å². The van der Waals surface area contributed by atoms with Crippen molar-refractivity contribution in [3.8, 4) is 11.5 Å². The molecule has 2 aromatic rings. The predicted octanol–water partition coefficient (Wildman–Crippen LogP) is 3.92. The highest BCUT2D eigenvalue weighted by molar-refractivity contribution is 5.99. The predicted molar refractivity (Wildman–Crippen MR) is 99.2 cm³/mol. The van der Waals surface area contributed by atoms with Gasteiger partial charge >= 0.3 is 0 Å². The first kappa shape index (κ1) is 17.8. The molecule has 5 nitrogen and oxygen atoms in total. The lowest BCUT2D eigenvalue weighted by molar-refractivity contribution is 0.0543. The number of rotatable bonds is 5. The Morgan fingerprint density at radius 1 is 1.15 bits per heavy atom. The number of carbonyl (C=O) groups excluding carboxylic acids is 1. The summed E-state index contributed by atoms with van der Waals surface area (Å²) in [4.78, 5) is 11.9. The Kier molecular flexibility index (Phi) is 4.74. The number of fused-ring (bicyclic) bond motifs is 1. The molecule has 27 heavy (non-hydrogen) atoms. The number of Topliss-reactive ketones (excluding diaryl/α,β-unsaturated/α-hetero) is 1. The molecule has 0 radical (unpaired) electrons. The zero-order valence-corrected chi connectivity index (χ0v) is 15.2. The summed E-state index contributed by atoms with van der Waals surface area (Å²) >= 11 is 0. The van der Waals surface area contributed by atoms with E-state index in [2.05, 4.69) is 11.4 Å². The maximum Gasteiger partial charge on any atom is 0.231 e. The maximum absolute atomic E-state index is 14.1. The van der Waals surface area contributed by atoms with Crippen molar-refractivity contribution in [2.24, 2.45) is 0 Å². The van der Waals surface area contributed by atoms with Gasteiger partial charge in [-0.2, -0.15) is 0 Å². The van der Waals surface area contributed by atoms with Crippen LogP contribution in [0.1, 0.15) is 35.7 Å². The summed E-state index contributed by atoms with van der Waals surface area (Å²) in [6, 6.07) is 10.7. The zero-order valence-electron chi connectivity index (χ0n) is 15.2. The van der Waals surface area contributed by atoms with Crippen LogP contribution in [0.2, 0.25) is 0 Å². The number of ketones is 1. The second-order valence-electron chi connectivity index (χ2n) is 7.03. The average Bonchev–Trinajstić information content (AvgIpc) is 3.14. The lowest BCUT2D eigenvalue weighted by atomic mass is 9.74. The summed E-state index contributed by atoms with van der Waals surface area (Å²) < 4.78 is 30.7. The summed E-state index contributed by atoms with van der Waals surface area (Å²) in [6.07, 6.45) is 1.65. The Bertz CT molecular complexity index is 861. The van der Waals surface area contributed by atoms with Crippen molar-refractivity contribution in [2.45, 2.75) is 25.2 Å². The van der Waals surface area contributed by atoms with Crippen LogP contribution in [0.4, 0.5) is 10.1 Å². The van der Waals surface area contributed by atoms with E-state index in [-0.39, 0.29) is 23.6 Å². The monoisotopic (exact) mass is 371 g/mol. The van der Waals surface area contributed by atoms with Crippen LogP contribution < -0.4 is 14.8 Å². The van der Waals surface area contributed by atoms with Gasteiger partial charge in [-0.1, -0.05) is 12.1 Å². The molecule has 1 fully saturated rings. The Hall–Kier alpha value is -2.60. The molecule has 0 aromatic heterocycles. The van der Waals surface area contributed by atoms with Crippen molar-refractivity contribution in [2.75, 3.05) is 31.9 Å². The molecule has 4 rings (SSSR count). The summed E-state index contributed by atoms with van der Waals surface area (Å²) in [5, 5.41) is 3.32. The van der Waals surface area contributed by atoms with Crippen molar-refractivity contribution in [1.82, 2.24) is 0 Å². The number of hydrogen-bond acceptors (Lipinski definition) is 5. The van der Waals surface area contributed by atoms with Gasteiger partial charge in [0.25, 0.3) is 0 Å². The van der Waals surface area contributed by atoms with Crippen LogP contribution in [0.5, 0.6) is 11.5 Å². The molecule has 142 valence electrons.